The van der Waals surface area contributed by atoms with Crippen LogP contribution in [0.25, 0.3) is 0 Å². The SMILES string of the molecule is CCCCCCCC(Br)C(=O)O. The number of alkyl halides is 1. The van der Waals surface area contributed by atoms with Gasteiger partial charge in [-0.25, -0.2) is 0 Å². The molecule has 12 heavy (non-hydrogen) atoms. The van der Waals surface area contributed by atoms with Crippen LogP contribution in [0, 0.1) is 0 Å². The molecule has 72 valence electrons. The van der Waals surface area contributed by atoms with E-state index in [-0.39, 0.29) is 4.83 Å². The third kappa shape index (κ3) is 6.65. The highest BCUT2D eigenvalue weighted by Crippen LogP contribution is 2.12. The molecule has 2 nitrogen and oxygen atoms in total. The fourth-order valence-corrected chi connectivity index (χ4v) is 1.37. The lowest BCUT2D eigenvalue weighted by Gasteiger charge is -2.03. The molecule has 0 aliphatic heterocycles. The molecule has 0 spiro atoms. The van der Waals surface area contributed by atoms with Crippen molar-refractivity contribution in [3.05, 3.63) is 0 Å². The first-order chi connectivity index (χ1) is 5.68. The number of rotatable bonds is 7. The number of unbranched alkanes of at least 4 members (excludes halogenated alkanes) is 4. The summed E-state index contributed by atoms with van der Waals surface area (Å²) in [7, 11) is 0. The molecule has 0 radical (unpaired) electrons. The molecular weight excluding hydrogens is 220 g/mol. The molecule has 0 fully saturated rings. The van der Waals surface area contributed by atoms with Gasteiger partial charge in [-0.2, -0.15) is 0 Å². The smallest absolute Gasteiger partial charge is 0.317 e. The van der Waals surface area contributed by atoms with Crippen molar-refractivity contribution < 1.29 is 9.90 Å². The second kappa shape index (κ2) is 7.59. The van der Waals surface area contributed by atoms with Crippen molar-refractivity contribution in [1.82, 2.24) is 0 Å². The number of carboxylic acid groups (broad SMARTS) is 1. The van der Waals surface area contributed by atoms with Crippen LogP contribution < -0.4 is 0 Å². The van der Waals surface area contributed by atoms with Gasteiger partial charge < -0.3 is 5.11 Å². The maximum atomic E-state index is 10.4. The van der Waals surface area contributed by atoms with Gasteiger partial charge in [0.2, 0.25) is 0 Å². The average Bonchev–Trinajstić information content (AvgIpc) is 2.03. The fourth-order valence-electron chi connectivity index (χ4n) is 1.05. The van der Waals surface area contributed by atoms with Gasteiger partial charge in [0.15, 0.2) is 0 Å². The molecule has 1 N–H and O–H groups in total. The molecule has 0 saturated heterocycles. The van der Waals surface area contributed by atoms with Gasteiger partial charge >= 0.3 is 5.97 Å². The number of carboxylic acids is 1. The summed E-state index contributed by atoms with van der Waals surface area (Å²) in [4.78, 5) is 10.0. The summed E-state index contributed by atoms with van der Waals surface area (Å²) in [5, 5.41) is 8.54. The van der Waals surface area contributed by atoms with E-state index in [2.05, 4.69) is 22.9 Å². The average molecular weight is 237 g/mol. The zero-order valence-electron chi connectivity index (χ0n) is 7.55. The largest absolute Gasteiger partial charge is 0.480 e. The number of hydrogen-bond donors (Lipinski definition) is 1. The van der Waals surface area contributed by atoms with Crippen LogP contribution in [-0.4, -0.2) is 15.9 Å². The Kier molecular flexibility index (Phi) is 7.56. The van der Waals surface area contributed by atoms with Crippen molar-refractivity contribution in [1.29, 1.82) is 0 Å². The molecule has 0 rings (SSSR count). The van der Waals surface area contributed by atoms with Crippen molar-refractivity contribution in [3.63, 3.8) is 0 Å². The Bertz CT molecular complexity index is 126. The van der Waals surface area contributed by atoms with Gasteiger partial charge in [-0.1, -0.05) is 55.0 Å². The van der Waals surface area contributed by atoms with Crippen LogP contribution >= 0.6 is 15.9 Å². The van der Waals surface area contributed by atoms with Gasteiger partial charge in [-0.3, -0.25) is 4.79 Å². The minimum atomic E-state index is -0.745. The lowest BCUT2D eigenvalue weighted by Crippen LogP contribution is -2.11. The minimum Gasteiger partial charge on any atom is -0.480 e. The summed E-state index contributed by atoms with van der Waals surface area (Å²) in [5.41, 5.74) is 0. The van der Waals surface area contributed by atoms with Crippen LogP contribution in [0.3, 0.4) is 0 Å². The molecule has 0 aliphatic carbocycles. The molecule has 0 aliphatic rings. The molecule has 1 atom stereocenters. The van der Waals surface area contributed by atoms with Crippen LogP contribution in [0.1, 0.15) is 45.4 Å². The highest BCUT2D eigenvalue weighted by Gasteiger charge is 2.11. The molecule has 0 saturated carbocycles. The van der Waals surface area contributed by atoms with E-state index < -0.39 is 5.97 Å². The lowest BCUT2D eigenvalue weighted by molar-refractivity contribution is -0.136. The number of carbonyl (C=O) groups is 1. The minimum absolute atomic E-state index is 0.348. The van der Waals surface area contributed by atoms with Crippen LogP contribution in [0.2, 0.25) is 0 Å². The summed E-state index contributed by atoms with van der Waals surface area (Å²) in [6.07, 6.45) is 6.65. The standard InChI is InChI=1S/C9H17BrO2/c1-2-3-4-5-6-7-8(10)9(11)12/h8H,2-7H2,1H3,(H,11,12). The van der Waals surface area contributed by atoms with E-state index >= 15 is 0 Å². The van der Waals surface area contributed by atoms with Gasteiger partial charge in [0.1, 0.15) is 4.83 Å². The molecule has 0 bridgehead atoms. The Morgan fingerprint density at radius 2 is 1.92 bits per heavy atom. The zero-order chi connectivity index (χ0) is 9.40. The Labute approximate surface area is 82.5 Å². The monoisotopic (exact) mass is 236 g/mol. The topological polar surface area (TPSA) is 37.3 Å². The lowest BCUT2D eigenvalue weighted by atomic mass is 10.1. The second-order valence-corrected chi connectivity index (χ2v) is 4.11. The Morgan fingerprint density at radius 3 is 2.42 bits per heavy atom. The normalized spacial score (nSPS) is 12.8. The maximum absolute atomic E-state index is 10.4. The summed E-state index contributed by atoms with van der Waals surface area (Å²) in [6.45, 7) is 2.17. The summed E-state index contributed by atoms with van der Waals surface area (Å²) < 4.78 is 0. The number of aliphatic carboxylic acids is 1. The number of halogens is 1. The molecule has 0 aromatic rings. The van der Waals surface area contributed by atoms with Crippen LogP contribution in [0.5, 0.6) is 0 Å². The van der Waals surface area contributed by atoms with Crippen molar-refractivity contribution in [2.24, 2.45) is 0 Å². The Balaban J connectivity index is 3.14. The highest BCUT2D eigenvalue weighted by molar-refractivity contribution is 9.10. The first-order valence-electron chi connectivity index (χ1n) is 4.55. The van der Waals surface area contributed by atoms with Gasteiger partial charge in [-0.05, 0) is 6.42 Å². The predicted octanol–water partition coefficient (Wildman–Crippen LogP) is 3.20. The first kappa shape index (κ1) is 11.9. The van der Waals surface area contributed by atoms with E-state index in [0.717, 1.165) is 19.3 Å². The van der Waals surface area contributed by atoms with Crippen LogP contribution in [0.4, 0.5) is 0 Å². The van der Waals surface area contributed by atoms with E-state index in [9.17, 15) is 4.79 Å². The Morgan fingerprint density at radius 1 is 1.33 bits per heavy atom. The van der Waals surface area contributed by atoms with Gasteiger partial charge in [0.05, 0.1) is 0 Å². The highest BCUT2D eigenvalue weighted by atomic mass is 79.9. The molecular formula is C9H17BrO2. The van der Waals surface area contributed by atoms with Gasteiger partial charge in [-0.15, -0.1) is 0 Å². The summed E-state index contributed by atoms with van der Waals surface area (Å²) in [6, 6.07) is 0. The first-order valence-corrected chi connectivity index (χ1v) is 5.47. The van der Waals surface area contributed by atoms with Crippen LogP contribution in [0.15, 0.2) is 0 Å². The van der Waals surface area contributed by atoms with Crippen molar-refractivity contribution in [2.45, 2.75) is 50.3 Å². The van der Waals surface area contributed by atoms with E-state index in [1.807, 2.05) is 0 Å². The quantitative estimate of drug-likeness (QED) is 0.545. The molecule has 1 unspecified atom stereocenters. The van der Waals surface area contributed by atoms with Gasteiger partial charge in [0.25, 0.3) is 0 Å². The van der Waals surface area contributed by atoms with E-state index in [1.54, 1.807) is 0 Å². The number of hydrogen-bond acceptors (Lipinski definition) is 1. The fraction of sp³-hybridized carbons (Fsp3) is 0.889. The van der Waals surface area contributed by atoms with E-state index in [4.69, 9.17) is 5.11 Å². The molecule has 3 heteroatoms. The van der Waals surface area contributed by atoms with Crippen molar-refractivity contribution in [2.75, 3.05) is 0 Å². The molecule has 0 aromatic carbocycles. The summed E-state index contributed by atoms with van der Waals surface area (Å²) >= 11 is 3.11. The molecule has 0 heterocycles. The molecule has 0 amide bonds. The third-order valence-electron chi connectivity index (χ3n) is 1.83. The van der Waals surface area contributed by atoms with E-state index in [1.165, 1.54) is 19.3 Å². The molecule has 0 aromatic heterocycles. The van der Waals surface area contributed by atoms with Crippen molar-refractivity contribution in [3.8, 4) is 0 Å². The second-order valence-electron chi connectivity index (χ2n) is 3.01. The predicted molar refractivity (Wildman–Crippen MR) is 53.7 cm³/mol. The van der Waals surface area contributed by atoms with Crippen LogP contribution in [-0.2, 0) is 4.79 Å². The van der Waals surface area contributed by atoms with E-state index in [0.29, 0.717) is 0 Å². The third-order valence-corrected chi connectivity index (χ3v) is 2.68. The van der Waals surface area contributed by atoms with Crippen molar-refractivity contribution >= 4 is 21.9 Å². The Hall–Kier alpha value is -0.0500. The summed E-state index contributed by atoms with van der Waals surface area (Å²) in [5.74, 6) is -0.745. The maximum Gasteiger partial charge on any atom is 0.317 e. The zero-order valence-corrected chi connectivity index (χ0v) is 9.14. The van der Waals surface area contributed by atoms with Gasteiger partial charge in [0, 0.05) is 0 Å².